The van der Waals surface area contributed by atoms with Gasteiger partial charge in [-0.3, -0.25) is 19.2 Å². The van der Waals surface area contributed by atoms with Crippen LogP contribution in [0, 0.1) is 0 Å². The number of carbonyl (C=O) groups excluding carboxylic acids is 2. The first kappa shape index (κ1) is 36.6. The molecule has 0 aliphatic carbocycles. The number of hydrogen-bond donors (Lipinski definition) is 6. The summed E-state index contributed by atoms with van der Waals surface area (Å²) in [5.41, 5.74) is -0.694. The molecule has 0 saturated heterocycles. The Hall–Kier alpha value is -6.64. The second kappa shape index (κ2) is 16.4. The van der Waals surface area contributed by atoms with Crippen molar-refractivity contribution in [3.8, 4) is 34.5 Å². The van der Waals surface area contributed by atoms with Crippen LogP contribution in [0.2, 0.25) is 10.3 Å². The SMILES string of the molecule is O=C(O)CNC(=O)c1nc(Cl)c2cc(Oc3ccccc3)ccc2c1O.O=C(O)CNC(=O)c1nc(Cl)c2cc(Oc3ccccc3)ccc2c1O. The van der Waals surface area contributed by atoms with Gasteiger partial charge in [0.25, 0.3) is 11.8 Å². The Kier molecular flexibility index (Phi) is 11.5. The number of nitrogens with zero attached hydrogens (tertiary/aromatic N) is 2. The van der Waals surface area contributed by atoms with Crippen molar-refractivity contribution < 1.29 is 49.1 Å². The molecule has 0 bridgehead atoms. The van der Waals surface area contributed by atoms with Crippen molar-refractivity contribution in [1.82, 2.24) is 20.6 Å². The highest BCUT2D eigenvalue weighted by Crippen LogP contribution is 2.37. The molecule has 0 aliphatic heterocycles. The lowest BCUT2D eigenvalue weighted by atomic mass is 10.1. The summed E-state index contributed by atoms with van der Waals surface area (Å²) in [5.74, 6) is -2.66. The van der Waals surface area contributed by atoms with E-state index in [1.54, 1.807) is 60.7 Å². The van der Waals surface area contributed by atoms with E-state index < -0.39 is 48.3 Å². The molecule has 52 heavy (non-hydrogen) atoms. The number of para-hydroxylation sites is 2. The van der Waals surface area contributed by atoms with E-state index in [0.717, 1.165) is 0 Å². The Morgan fingerprint density at radius 1 is 0.538 bits per heavy atom. The topological polar surface area (TPSA) is 218 Å². The number of nitrogens with one attached hydrogen (secondary N) is 2. The number of carboxylic acids is 2. The van der Waals surface area contributed by atoms with Crippen LogP contribution in [0.1, 0.15) is 21.0 Å². The third-order valence-corrected chi connectivity index (χ3v) is 7.57. The van der Waals surface area contributed by atoms with Crippen molar-refractivity contribution >= 4 is 68.5 Å². The summed E-state index contributed by atoms with van der Waals surface area (Å²) in [6.45, 7) is -1.20. The number of aliphatic carboxylic acids is 2. The van der Waals surface area contributed by atoms with Crippen molar-refractivity contribution in [2.75, 3.05) is 13.1 Å². The molecule has 6 aromatic rings. The molecule has 2 amide bonds. The van der Waals surface area contributed by atoms with E-state index in [0.29, 0.717) is 44.5 Å². The van der Waals surface area contributed by atoms with Crippen molar-refractivity contribution in [2.45, 2.75) is 0 Å². The zero-order valence-corrected chi connectivity index (χ0v) is 28.1. The van der Waals surface area contributed by atoms with Gasteiger partial charge in [0.1, 0.15) is 46.4 Å². The van der Waals surface area contributed by atoms with Gasteiger partial charge in [-0.1, -0.05) is 59.6 Å². The van der Waals surface area contributed by atoms with Gasteiger partial charge < -0.3 is 40.5 Å². The van der Waals surface area contributed by atoms with Crippen LogP contribution < -0.4 is 20.1 Å². The Labute approximate surface area is 303 Å². The average molecular weight is 746 g/mol. The van der Waals surface area contributed by atoms with Gasteiger partial charge in [0.05, 0.1) is 0 Å². The molecular formula is C36H26Cl2N4O10. The van der Waals surface area contributed by atoms with Crippen molar-refractivity contribution in [2.24, 2.45) is 0 Å². The first-order valence-corrected chi connectivity index (χ1v) is 15.8. The highest BCUT2D eigenvalue weighted by Gasteiger charge is 2.21. The Bertz CT molecular complexity index is 2150. The summed E-state index contributed by atoms with van der Waals surface area (Å²) in [6, 6.07) is 27.7. The van der Waals surface area contributed by atoms with E-state index in [9.17, 15) is 29.4 Å². The fourth-order valence-electron chi connectivity index (χ4n) is 4.65. The summed E-state index contributed by atoms with van der Waals surface area (Å²) in [4.78, 5) is 52.8. The van der Waals surface area contributed by atoms with Crippen LogP contribution in [-0.2, 0) is 9.59 Å². The van der Waals surface area contributed by atoms with E-state index in [4.69, 9.17) is 42.9 Å². The molecule has 0 fully saturated rings. The quantitative estimate of drug-likeness (QED) is 0.0840. The maximum atomic E-state index is 12.0. The maximum absolute atomic E-state index is 12.0. The number of rotatable bonds is 10. The fourth-order valence-corrected chi connectivity index (χ4v) is 5.13. The molecule has 6 rings (SSSR count). The maximum Gasteiger partial charge on any atom is 0.322 e. The largest absolute Gasteiger partial charge is 0.505 e. The number of aromatic hydroxyl groups is 2. The van der Waals surface area contributed by atoms with Crippen LogP contribution in [0.4, 0.5) is 0 Å². The standard InChI is InChI=1S/2C18H13ClN2O5/c2*19-17-13-8-11(26-10-4-2-1-3-5-10)6-7-12(13)16(24)15(21-17)18(25)20-9-14(22)23/h2*1-8,24H,9H2,(H,20,25)(H,22,23). The number of hydrogen-bond acceptors (Lipinski definition) is 10. The molecule has 14 nitrogen and oxygen atoms in total. The van der Waals surface area contributed by atoms with Crippen LogP contribution in [0.15, 0.2) is 97.1 Å². The van der Waals surface area contributed by atoms with Gasteiger partial charge in [-0.2, -0.15) is 0 Å². The molecule has 0 spiro atoms. The zero-order valence-electron chi connectivity index (χ0n) is 26.5. The minimum absolute atomic E-state index is 0.0169. The second-order valence-corrected chi connectivity index (χ2v) is 11.3. The Morgan fingerprint density at radius 2 is 0.904 bits per heavy atom. The molecule has 2 aromatic heterocycles. The first-order chi connectivity index (χ1) is 24.9. The number of carboxylic acid groups (broad SMARTS) is 2. The number of ether oxygens (including phenoxy) is 2. The summed E-state index contributed by atoms with van der Waals surface area (Å²) < 4.78 is 11.4. The van der Waals surface area contributed by atoms with Gasteiger partial charge in [0.15, 0.2) is 22.9 Å². The highest BCUT2D eigenvalue weighted by molar-refractivity contribution is 6.35. The normalized spacial score (nSPS) is 10.5. The van der Waals surface area contributed by atoms with E-state index in [2.05, 4.69) is 20.6 Å². The average Bonchev–Trinajstić information content (AvgIpc) is 3.13. The van der Waals surface area contributed by atoms with Gasteiger partial charge in [0, 0.05) is 21.5 Å². The fraction of sp³-hybridized carbons (Fsp3) is 0.0556. The highest BCUT2D eigenvalue weighted by atomic mass is 35.5. The Balaban J connectivity index is 0.000000201. The number of amides is 2. The van der Waals surface area contributed by atoms with Gasteiger partial charge in [-0.25, -0.2) is 9.97 Å². The summed E-state index contributed by atoms with van der Waals surface area (Å²) in [7, 11) is 0. The van der Waals surface area contributed by atoms with E-state index >= 15 is 0 Å². The molecular weight excluding hydrogens is 719 g/mol. The molecule has 0 aliphatic rings. The summed E-state index contributed by atoms with van der Waals surface area (Å²) in [6.07, 6.45) is 0. The van der Waals surface area contributed by atoms with Gasteiger partial charge in [0.2, 0.25) is 0 Å². The van der Waals surface area contributed by atoms with Crippen molar-refractivity contribution in [1.29, 1.82) is 0 Å². The van der Waals surface area contributed by atoms with E-state index in [1.165, 1.54) is 0 Å². The lowest BCUT2D eigenvalue weighted by Crippen LogP contribution is -2.30. The monoisotopic (exact) mass is 744 g/mol. The molecule has 264 valence electrons. The molecule has 0 unspecified atom stereocenters. The number of benzene rings is 4. The first-order valence-electron chi connectivity index (χ1n) is 15.0. The number of fused-ring (bicyclic) bond motifs is 2. The lowest BCUT2D eigenvalue weighted by Gasteiger charge is -2.11. The van der Waals surface area contributed by atoms with Crippen molar-refractivity contribution in [3.63, 3.8) is 0 Å². The summed E-state index contributed by atoms with van der Waals surface area (Å²) in [5, 5.41) is 43.5. The van der Waals surface area contributed by atoms with Crippen LogP contribution in [-0.4, -0.2) is 67.2 Å². The van der Waals surface area contributed by atoms with Crippen LogP contribution in [0.5, 0.6) is 34.5 Å². The van der Waals surface area contributed by atoms with Crippen molar-refractivity contribution in [3.05, 3.63) is 119 Å². The third-order valence-electron chi connectivity index (χ3n) is 6.99. The van der Waals surface area contributed by atoms with E-state index in [1.807, 2.05) is 36.4 Å². The Morgan fingerprint density at radius 3 is 1.25 bits per heavy atom. The molecule has 16 heteroatoms. The smallest absolute Gasteiger partial charge is 0.322 e. The number of pyridine rings is 2. The molecule has 0 radical (unpaired) electrons. The van der Waals surface area contributed by atoms with Crippen LogP contribution >= 0.6 is 23.2 Å². The minimum atomic E-state index is -1.22. The lowest BCUT2D eigenvalue weighted by molar-refractivity contribution is -0.136. The second-order valence-electron chi connectivity index (χ2n) is 10.6. The zero-order chi connectivity index (χ0) is 37.4. The number of halogens is 2. The minimum Gasteiger partial charge on any atom is -0.505 e. The molecule has 4 aromatic carbocycles. The molecule has 0 saturated carbocycles. The molecule has 6 N–H and O–H groups in total. The van der Waals surface area contributed by atoms with E-state index in [-0.39, 0.29) is 21.7 Å². The van der Waals surface area contributed by atoms with Gasteiger partial charge in [-0.15, -0.1) is 0 Å². The summed E-state index contributed by atoms with van der Waals surface area (Å²) >= 11 is 12.3. The molecule has 2 heterocycles. The molecule has 0 atom stereocenters. The number of carbonyl (C=O) groups is 4. The third kappa shape index (κ3) is 8.93. The predicted octanol–water partition coefficient (Wildman–Crippen LogP) is 6.40. The van der Waals surface area contributed by atoms with Gasteiger partial charge >= 0.3 is 11.9 Å². The number of aromatic nitrogens is 2. The van der Waals surface area contributed by atoms with Crippen LogP contribution in [0.3, 0.4) is 0 Å². The van der Waals surface area contributed by atoms with Crippen LogP contribution in [0.25, 0.3) is 21.5 Å². The predicted molar refractivity (Wildman–Crippen MR) is 190 cm³/mol. The van der Waals surface area contributed by atoms with Gasteiger partial charge in [-0.05, 0) is 60.7 Å².